The largest absolute Gasteiger partial charge is 0.416 e. The standard InChI is InChI=1S/C19H18F3N5/c1-26-8-6-16(25-26)12-27-9-7-17-14(11-27)10-23-18(24-17)13-2-4-15(5-3-13)19(20,21)22/h2-6,8,10H,7,9,11-12H2,1H3. The van der Waals surface area contributed by atoms with Crippen LogP contribution in [0.15, 0.2) is 42.7 Å². The van der Waals surface area contributed by atoms with Gasteiger partial charge in [-0.3, -0.25) is 9.58 Å². The van der Waals surface area contributed by atoms with Gasteiger partial charge in [-0.15, -0.1) is 0 Å². The summed E-state index contributed by atoms with van der Waals surface area (Å²) in [5.41, 5.74) is 2.93. The minimum Gasteiger partial charge on any atom is -0.293 e. The summed E-state index contributed by atoms with van der Waals surface area (Å²) in [6.07, 6.45) is 0.136. The fourth-order valence-corrected chi connectivity index (χ4v) is 3.23. The molecule has 0 bridgehead atoms. The predicted octanol–water partition coefficient (Wildman–Crippen LogP) is 3.45. The summed E-state index contributed by atoms with van der Waals surface area (Å²) in [6.45, 7) is 2.35. The number of aryl methyl sites for hydroxylation is 1. The number of hydrogen-bond acceptors (Lipinski definition) is 4. The van der Waals surface area contributed by atoms with Crippen molar-refractivity contribution < 1.29 is 13.2 Å². The molecule has 0 amide bonds. The van der Waals surface area contributed by atoms with Crippen LogP contribution >= 0.6 is 0 Å². The molecule has 4 rings (SSSR count). The number of hydrogen-bond donors (Lipinski definition) is 0. The third kappa shape index (κ3) is 3.85. The Hall–Kier alpha value is -2.74. The van der Waals surface area contributed by atoms with E-state index in [9.17, 15) is 13.2 Å². The van der Waals surface area contributed by atoms with Gasteiger partial charge in [0.05, 0.1) is 17.0 Å². The molecule has 0 fully saturated rings. The summed E-state index contributed by atoms with van der Waals surface area (Å²) < 4.78 is 39.9. The number of alkyl halides is 3. The first kappa shape index (κ1) is 17.7. The van der Waals surface area contributed by atoms with Crippen LogP contribution in [0.3, 0.4) is 0 Å². The monoisotopic (exact) mass is 373 g/mol. The van der Waals surface area contributed by atoms with Crippen molar-refractivity contribution in [3.8, 4) is 11.4 Å². The van der Waals surface area contributed by atoms with Crippen LogP contribution in [-0.2, 0) is 32.7 Å². The van der Waals surface area contributed by atoms with Gasteiger partial charge >= 0.3 is 6.18 Å². The third-order valence-corrected chi connectivity index (χ3v) is 4.64. The minimum absolute atomic E-state index is 0.459. The molecule has 27 heavy (non-hydrogen) atoms. The molecule has 0 aliphatic carbocycles. The van der Waals surface area contributed by atoms with Crippen LogP contribution in [0.4, 0.5) is 13.2 Å². The van der Waals surface area contributed by atoms with E-state index in [4.69, 9.17) is 0 Å². The van der Waals surface area contributed by atoms with Crippen molar-refractivity contribution in [3.63, 3.8) is 0 Å². The fraction of sp³-hybridized carbons (Fsp3) is 0.316. The highest BCUT2D eigenvalue weighted by atomic mass is 19.4. The highest BCUT2D eigenvalue weighted by Gasteiger charge is 2.30. The van der Waals surface area contributed by atoms with E-state index in [1.807, 2.05) is 19.3 Å². The summed E-state index contributed by atoms with van der Waals surface area (Å²) in [5.74, 6) is 0.459. The van der Waals surface area contributed by atoms with Gasteiger partial charge in [-0.2, -0.15) is 18.3 Å². The zero-order valence-corrected chi connectivity index (χ0v) is 14.7. The Kier molecular flexibility index (Phi) is 4.43. The second-order valence-corrected chi connectivity index (χ2v) is 6.68. The Morgan fingerprint density at radius 3 is 2.56 bits per heavy atom. The molecule has 1 aromatic carbocycles. The van der Waals surface area contributed by atoms with Crippen molar-refractivity contribution in [2.45, 2.75) is 25.7 Å². The molecule has 0 atom stereocenters. The maximum absolute atomic E-state index is 12.7. The molecule has 140 valence electrons. The maximum atomic E-state index is 12.7. The zero-order chi connectivity index (χ0) is 19.0. The second kappa shape index (κ2) is 6.77. The SMILES string of the molecule is Cn1ccc(CN2CCc3nc(-c4ccc(C(F)(F)F)cc4)ncc3C2)n1. The number of halogens is 3. The zero-order valence-electron chi connectivity index (χ0n) is 14.7. The average molecular weight is 373 g/mol. The van der Waals surface area contributed by atoms with Gasteiger partial charge in [-0.05, 0) is 18.2 Å². The molecular weight excluding hydrogens is 355 g/mol. The summed E-state index contributed by atoms with van der Waals surface area (Å²) in [6, 6.07) is 6.96. The quantitative estimate of drug-likeness (QED) is 0.706. The number of nitrogens with zero attached hydrogens (tertiary/aromatic N) is 5. The van der Waals surface area contributed by atoms with Crippen molar-refractivity contribution in [3.05, 3.63) is 65.2 Å². The Morgan fingerprint density at radius 1 is 1.11 bits per heavy atom. The van der Waals surface area contributed by atoms with E-state index >= 15 is 0 Å². The third-order valence-electron chi connectivity index (χ3n) is 4.64. The highest BCUT2D eigenvalue weighted by molar-refractivity contribution is 5.56. The van der Waals surface area contributed by atoms with Gasteiger partial charge in [0, 0.05) is 56.6 Å². The molecule has 3 aromatic rings. The maximum Gasteiger partial charge on any atom is 0.416 e. The van der Waals surface area contributed by atoms with E-state index in [2.05, 4.69) is 20.0 Å². The topological polar surface area (TPSA) is 46.8 Å². The second-order valence-electron chi connectivity index (χ2n) is 6.68. The lowest BCUT2D eigenvalue weighted by Gasteiger charge is -2.27. The van der Waals surface area contributed by atoms with E-state index < -0.39 is 11.7 Å². The Bertz CT molecular complexity index is 947. The van der Waals surface area contributed by atoms with Crippen molar-refractivity contribution in [2.75, 3.05) is 6.54 Å². The first-order chi connectivity index (χ1) is 12.9. The molecule has 0 saturated carbocycles. The molecule has 3 heterocycles. The van der Waals surface area contributed by atoms with Crippen LogP contribution in [0, 0.1) is 0 Å². The smallest absolute Gasteiger partial charge is 0.293 e. The lowest BCUT2D eigenvalue weighted by Crippen LogP contribution is -2.31. The molecule has 1 aliphatic heterocycles. The Labute approximate surface area is 154 Å². The van der Waals surface area contributed by atoms with E-state index in [1.165, 1.54) is 12.1 Å². The van der Waals surface area contributed by atoms with Crippen LogP contribution in [0.5, 0.6) is 0 Å². The summed E-state index contributed by atoms with van der Waals surface area (Å²) in [4.78, 5) is 11.2. The molecule has 0 N–H and O–H groups in total. The molecule has 0 radical (unpaired) electrons. The van der Waals surface area contributed by atoms with Crippen LogP contribution in [0.25, 0.3) is 11.4 Å². The number of fused-ring (bicyclic) bond motifs is 1. The van der Waals surface area contributed by atoms with Crippen molar-refractivity contribution in [1.29, 1.82) is 0 Å². The summed E-state index contributed by atoms with van der Waals surface area (Å²) in [7, 11) is 1.89. The first-order valence-corrected chi connectivity index (χ1v) is 8.62. The van der Waals surface area contributed by atoms with Crippen molar-refractivity contribution in [2.24, 2.45) is 7.05 Å². The van der Waals surface area contributed by atoms with Crippen LogP contribution < -0.4 is 0 Å². The van der Waals surface area contributed by atoms with Gasteiger partial charge in [0.2, 0.25) is 0 Å². The van der Waals surface area contributed by atoms with Crippen LogP contribution in [0.2, 0.25) is 0 Å². The molecule has 0 spiro atoms. The van der Waals surface area contributed by atoms with Gasteiger partial charge in [0.1, 0.15) is 0 Å². The van der Waals surface area contributed by atoms with E-state index in [0.717, 1.165) is 55.1 Å². The highest BCUT2D eigenvalue weighted by Crippen LogP contribution is 2.30. The fourth-order valence-electron chi connectivity index (χ4n) is 3.23. The van der Waals surface area contributed by atoms with Crippen LogP contribution in [0.1, 0.15) is 22.5 Å². The molecule has 0 unspecified atom stereocenters. The van der Waals surface area contributed by atoms with E-state index in [1.54, 1.807) is 10.9 Å². The Morgan fingerprint density at radius 2 is 1.89 bits per heavy atom. The summed E-state index contributed by atoms with van der Waals surface area (Å²) in [5, 5.41) is 4.40. The van der Waals surface area contributed by atoms with Gasteiger partial charge in [-0.25, -0.2) is 9.97 Å². The number of rotatable bonds is 3. The average Bonchev–Trinajstić information content (AvgIpc) is 3.05. The summed E-state index contributed by atoms with van der Waals surface area (Å²) >= 11 is 0. The number of aromatic nitrogens is 4. The van der Waals surface area contributed by atoms with Gasteiger partial charge in [-0.1, -0.05) is 12.1 Å². The lowest BCUT2D eigenvalue weighted by atomic mass is 10.1. The number of benzene rings is 1. The van der Waals surface area contributed by atoms with E-state index in [-0.39, 0.29) is 0 Å². The Balaban J connectivity index is 1.50. The molecular formula is C19H18F3N5. The molecule has 8 heteroatoms. The predicted molar refractivity (Wildman–Crippen MR) is 93.5 cm³/mol. The van der Waals surface area contributed by atoms with Gasteiger partial charge in [0.15, 0.2) is 5.82 Å². The molecule has 5 nitrogen and oxygen atoms in total. The minimum atomic E-state index is -4.34. The van der Waals surface area contributed by atoms with Crippen molar-refractivity contribution in [1.82, 2.24) is 24.6 Å². The molecule has 0 saturated heterocycles. The van der Waals surface area contributed by atoms with Crippen LogP contribution in [-0.4, -0.2) is 31.2 Å². The van der Waals surface area contributed by atoms with Crippen molar-refractivity contribution >= 4 is 0 Å². The van der Waals surface area contributed by atoms with Gasteiger partial charge < -0.3 is 0 Å². The first-order valence-electron chi connectivity index (χ1n) is 8.62. The molecule has 2 aromatic heterocycles. The van der Waals surface area contributed by atoms with E-state index in [0.29, 0.717) is 11.4 Å². The normalized spacial score (nSPS) is 15.0. The van der Waals surface area contributed by atoms with Gasteiger partial charge in [0.25, 0.3) is 0 Å². The molecule has 1 aliphatic rings. The lowest BCUT2D eigenvalue weighted by molar-refractivity contribution is -0.137.